The van der Waals surface area contributed by atoms with E-state index in [1.165, 1.54) is 31.6 Å². The second-order valence-electron chi connectivity index (χ2n) is 12.0. The van der Waals surface area contributed by atoms with E-state index in [1.807, 2.05) is 49.4 Å². The minimum Gasteiger partial charge on any atom is -0.478 e. The van der Waals surface area contributed by atoms with E-state index < -0.39 is 41.8 Å². The van der Waals surface area contributed by atoms with Crippen LogP contribution in [0, 0.1) is 0 Å². The van der Waals surface area contributed by atoms with E-state index in [1.54, 1.807) is 73.7 Å². The van der Waals surface area contributed by atoms with Crippen molar-refractivity contribution in [3.63, 3.8) is 0 Å². The normalized spacial score (nSPS) is 11.7. The molecule has 1 unspecified atom stereocenters. The topological polar surface area (TPSA) is 206 Å². The number of carboxylic acid groups (broad SMARTS) is 2. The van der Waals surface area contributed by atoms with E-state index >= 15 is 0 Å². The Kier molecular flexibility index (Phi) is 21.3. The number of allylic oxidation sites excluding steroid dienone is 1. The number of alkyl halides is 5. The fourth-order valence-corrected chi connectivity index (χ4v) is 4.73. The van der Waals surface area contributed by atoms with Gasteiger partial charge in [0, 0.05) is 17.2 Å². The number of H-pyrrole nitrogens is 1. The van der Waals surface area contributed by atoms with Crippen LogP contribution in [-0.2, 0) is 30.7 Å². The first-order valence-corrected chi connectivity index (χ1v) is 18.5. The Morgan fingerprint density at radius 3 is 1.82 bits per heavy atom. The van der Waals surface area contributed by atoms with Gasteiger partial charge >= 0.3 is 24.1 Å². The van der Waals surface area contributed by atoms with Crippen molar-refractivity contribution in [1.29, 1.82) is 0 Å². The molecule has 1 heterocycles. The molecule has 0 saturated carbocycles. The number of carbonyl (C=O) groups is 4. The molecule has 5 aromatic rings. The van der Waals surface area contributed by atoms with E-state index in [-0.39, 0.29) is 22.7 Å². The smallest absolute Gasteiger partial charge is 0.478 e. The average molecular weight is 890 g/mol. The number of imidazole rings is 1. The molecule has 0 spiro atoms. The first-order chi connectivity index (χ1) is 28.8. The number of aliphatic hydroxyl groups is 2. The second-order valence-corrected chi connectivity index (χ2v) is 13.6. The van der Waals surface area contributed by atoms with Gasteiger partial charge in [-0.25, -0.2) is 29.1 Å². The number of hydrogen-bond acceptors (Lipinski definition) is 10. The summed E-state index contributed by atoms with van der Waals surface area (Å²) in [5, 5.41) is 36.7. The van der Waals surface area contributed by atoms with Crippen molar-refractivity contribution in [3.05, 3.63) is 161 Å². The van der Waals surface area contributed by atoms with Crippen LogP contribution in [0.15, 0.2) is 128 Å². The zero-order chi connectivity index (χ0) is 45.6. The van der Waals surface area contributed by atoms with Gasteiger partial charge in [0.2, 0.25) is 5.78 Å². The van der Waals surface area contributed by atoms with Crippen LogP contribution in [-0.4, -0.2) is 78.0 Å². The molecule has 5 N–H and O–H groups in total. The maximum Gasteiger partial charge on any atom is 0.490 e. The summed E-state index contributed by atoms with van der Waals surface area (Å²) in [6.07, 6.45) is 1.28. The van der Waals surface area contributed by atoms with Crippen LogP contribution in [0.4, 0.5) is 13.2 Å². The number of nitrogens with one attached hydrogen (secondary N) is 1. The van der Waals surface area contributed by atoms with Crippen molar-refractivity contribution in [1.82, 2.24) is 9.97 Å². The van der Waals surface area contributed by atoms with Crippen LogP contribution in [0.3, 0.4) is 0 Å². The van der Waals surface area contributed by atoms with Crippen molar-refractivity contribution in [2.75, 3.05) is 7.11 Å². The number of ketones is 1. The summed E-state index contributed by atoms with van der Waals surface area (Å²) in [7, 11) is 1.24. The number of aromatic nitrogens is 2. The van der Waals surface area contributed by atoms with Crippen molar-refractivity contribution in [2.45, 2.75) is 43.4 Å². The number of Topliss-reactive ketones (excluding diaryl/α,β-unsaturated/α-hetero) is 1. The Morgan fingerprint density at radius 2 is 1.33 bits per heavy atom. The lowest BCUT2D eigenvalue weighted by molar-refractivity contribution is -0.360. The fourth-order valence-electron chi connectivity index (χ4n) is 4.73. The number of benzene rings is 4. The number of nitrogens with zero attached hydrogens (tertiary/aromatic N) is 1. The lowest BCUT2D eigenvalue weighted by Gasteiger charge is -2.28. The molecule has 0 radical (unpaired) electrons. The molecule has 0 aliphatic heterocycles. The number of hydrogen-bond donors (Lipinski definition) is 5. The van der Waals surface area contributed by atoms with Crippen molar-refractivity contribution in [3.8, 4) is 11.3 Å². The highest BCUT2D eigenvalue weighted by Gasteiger charge is 2.45. The molecule has 13 nitrogen and oxygen atoms in total. The average Bonchev–Trinajstić information content (AvgIpc) is 3.72. The van der Waals surface area contributed by atoms with Crippen LogP contribution in [0.25, 0.3) is 23.4 Å². The van der Waals surface area contributed by atoms with Crippen molar-refractivity contribution in [2.24, 2.45) is 0 Å². The summed E-state index contributed by atoms with van der Waals surface area (Å²) in [6.45, 7) is 3.76. The van der Waals surface area contributed by atoms with Gasteiger partial charge in [-0.15, -0.1) is 23.2 Å². The van der Waals surface area contributed by atoms with Crippen molar-refractivity contribution < 1.29 is 67.3 Å². The summed E-state index contributed by atoms with van der Waals surface area (Å²) in [6, 6.07) is 31.4. The first-order valence-electron chi connectivity index (χ1n) is 17.6. The van der Waals surface area contributed by atoms with Crippen LogP contribution < -0.4 is 0 Å². The van der Waals surface area contributed by atoms with Crippen LogP contribution in [0.2, 0.25) is 0 Å². The molecule has 0 aliphatic rings. The molecule has 18 heteroatoms. The number of carbonyl (C=O) groups excluding carboxylic acids is 2. The molecule has 5 rings (SSSR count). The van der Waals surface area contributed by atoms with Gasteiger partial charge in [0.1, 0.15) is 17.1 Å². The van der Waals surface area contributed by atoms with E-state index in [9.17, 15) is 37.8 Å². The van der Waals surface area contributed by atoms with Crippen LogP contribution >= 0.6 is 23.2 Å². The molecule has 0 amide bonds. The molecular formula is C43H41Cl2F3N2O11. The predicted molar refractivity (Wildman–Crippen MR) is 221 cm³/mol. The van der Waals surface area contributed by atoms with Gasteiger partial charge in [-0.3, -0.25) is 4.79 Å². The Labute approximate surface area is 358 Å². The molecule has 1 aromatic heterocycles. The molecule has 0 aliphatic carbocycles. The van der Waals surface area contributed by atoms with Crippen LogP contribution in [0.5, 0.6) is 0 Å². The van der Waals surface area contributed by atoms with E-state index in [0.717, 1.165) is 28.3 Å². The number of halogens is 5. The van der Waals surface area contributed by atoms with E-state index in [0.29, 0.717) is 11.3 Å². The fraction of sp³-hybridized carbons (Fsp3) is 0.186. The Bertz CT molecular complexity index is 2180. The summed E-state index contributed by atoms with van der Waals surface area (Å²) in [5.74, 6) is -7.91. The van der Waals surface area contributed by atoms with Crippen molar-refractivity contribution >= 4 is 59.0 Å². The summed E-state index contributed by atoms with van der Waals surface area (Å²) >= 11 is 10.1. The first kappa shape index (κ1) is 51.0. The van der Waals surface area contributed by atoms with Gasteiger partial charge in [0.25, 0.3) is 5.79 Å². The maximum absolute atomic E-state index is 12.6. The number of rotatable bonds is 13. The molecular weight excluding hydrogens is 848 g/mol. The van der Waals surface area contributed by atoms with Gasteiger partial charge in [0.15, 0.2) is 11.8 Å². The summed E-state index contributed by atoms with van der Waals surface area (Å²) in [5.41, 5.74) is 4.59. The summed E-state index contributed by atoms with van der Waals surface area (Å²) in [4.78, 5) is 60.7. The van der Waals surface area contributed by atoms with Gasteiger partial charge in [-0.2, -0.15) is 13.2 Å². The Hall–Kier alpha value is -6.14. The van der Waals surface area contributed by atoms with Crippen LogP contribution in [0.1, 0.15) is 63.1 Å². The highest BCUT2D eigenvalue weighted by Crippen LogP contribution is 2.31. The number of ether oxygens (including phenoxy) is 1. The third-order valence-electron chi connectivity index (χ3n) is 7.43. The quantitative estimate of drug-likeness (QED) is 0.0143. The monoisotopic (exact) mass is 888 g/mol. The third kappa shape index (κ3) is 17.9. The predicted octanol–water partition coefficient (Wildman–Crippen LogP) is 8.88. The Morgan fingerprint density at radius 1 is 0.820 bits per heavy atom. The molecule has 1 atom stereocenters. The van der Waals surface area contributed by atoms with Gasteiger partial charge in [-0.1, -0.05) is 121 Å². The highest BCUT2D eigenvalue weighted by molar-refractivity contribution is 6.43. The molecule has 0 fully saturated rings. The van der Waals surface area contributed by atoms with Gasteiger partial charge in [0.05, 0.1) is 13.4 Å². The lowest BCUT2D eigenvalue weighted by atomic mass is 9.93. The number of esters is 1. The third-order valence-corrected chi connectivity index (χ3v) is 7.43. The highest BCUT2D eigenvalue weighted by atomic mass is 35.5. The molecule has 0 saturated heterocycles. The standard InChI is InChI=1S/C20H16N2O4.C19H20O5.C2H4Cl2.C2HF3O2/c23-17(24)11-8-14-6-9-16(10-7-14)18-19(22-13-21-18)20(25)26-12-15-4-2-1-3-5-15;1-3-7-14-10-12-15(13-11-14)17(20)19(21,22)18(24-23-2)16-8-5-4-6-9-16;1-2(3)4;3-2(4,5)1(6)7/h1-11,13H,12H2,(H,21,22)(H,23,24);3-13,18,21-22H,1-2H3;2H,1H3;(H,6,7)/b11-8+;7-3+;;. The number of aliphatic carboxylic acids is 2. The Balaban J connectivity index is 0.000000339. The zero-order valence-electron chi connectivity index (χ0n) is 32.6. The van der Waals surface area contributed by atoms with Gasteiger partial charge < -0.3 is 30.1 Å². The minimum atomic E-state index is -5.08. The molecule has 0 bridgehead atoms. The lowest BCUT2D eigenvalue weighted by Crippen LogP contribution is -2.45. The molecule has 324 valence electrons. The largest absolute Gasteiger partial charge is 0.490 e. The second kappa shape index (κ2) is 25.5. The molecule has 4 aromatic carbocycles. The summed E-state index contributed by atoms with van der Waals surface area (Å²) < 4.78 is 37.1. The SMILES string of the molecule is C/C=C/c1ccc(C(=O)C(O)(O)C(OOC)c2ccccc2)cc1.CC(Cl)Cl.O=C(O)/C=C/c1ccc(-c2nc[nH]c2C(=O)OCc2ccccc2)cc1.O=C(O)C(F)(F)F. The van der Waals surface area contributed by atoms with E-state index in [2.05, 4.69) is 14.9 Å². The minimum absolute atomic E-state index is 0.161. The van der Waals surface area contributed by atoms with E-state index in [4.69, 9.17) is 47.8 Å². The zero-order valence-corrected chi connectivity index (χ0v) is 34.1. The molecule has 61 heavy (non-hydrogen) atoms. The van der Waals surface area contributed by atoms with Gasteiger partial charge in [-0.05, 0) is 42.2 Å². The number of aromatic amines is 1. The maximum atomic E-state index is 12.6. The number of carboxylic acids is 2.